The molecule has 0 aliphatic carbocycles. The second kappa shape index (κ2) is 8.76. The van der Waals surface area contributed by atoms with Crippen LogP contribution in [0.25, 0.3) is 11.1 Å². The normalized spacial score (nSPS) is 18.7. The van der Waals surface area contributed by atoms with Crippen LogP contribution in [0.5, 0.6) is 5.75 Å². The zero-order chi connectivity index (χ0) is 22.0. The first-order valence-corrected chi connectivity index (χ1v) is 9.80. The Morgan fingerprint density at radius 2 is 1.87 bits per heavy atom. The van der Waals surface area contributed by atoms with Crippen LogP contribution in [0.4, 0.5) is 26.4 Å². The van der Waals surface area contributed by atoms with Gasteiger partial charge in [0, 0.05) is 30.4 Å². The summed E-state index contributed by atoms with van der Waals surface area (Å²) in [7, 11) is 1.28. The number of anilines is 3. The summed E-state index contributed by atoms with van der Waals surface area (Å²) in [4.78, 5) is 11.0. The largest absolute Gasteiger partial charge is 0.494 e. The molecule has 0 amide bonds. The minimum absolute atomic E-state index is 0.0518. The van der Waals surface area contributed by atoms with Crippen molar-refractivity contribution in [3.8, 4) is 16.9 Å². The standard InChI is InChI=1S/C21H22F2N6O2/c1-12-10-29(11-13(2)31-12)21-24-7-6-17(27-21)26-18-8-14(9-25-28-18)15-4-5-16(30-3)20(23)19(15)22/h4-9,12-13H,10-11H2,1-3H3,(H,24,26,27,28)/t12-,13+. The second-order valence-electron chi connectivity index (χ2n) is 7.30. The maximum atomic E-state index is 14.5. The predicted molar refractivity (Wildman–Crippen MR) is 111 cm³/mol. The Bertz CT molecular complexity index is 1070. The topological polar surface area (TPSA) is 85.3 Å². The minimum atomic E-state index is -1.05. The van der Waals surface area contributed by atoms with E-state index in [0.717, 1.165) is 0 Å². The van der Waals surface area contributed by atoms with Gasteiger partial charge in [-0.2, -0.15) is 14.5 Å². The van der Waals surface area contributed by atoms with E-state index in [2.05, 4.69) is 30.4 Å². The fourth-order valence-corrected chi connectivity index (χ4v) is 3.53. The Morgan fingerprint density at radius 3 is 2.61 bits per heavy atom. The Labute approximate surface area is 178 Å². The van der Waals surface area contributed by atoms with Crippen molar-refractivity contribution < 1.29 is 18.3 Å². The van der Waals surface area contributed by atoms with Crippen molar-refractivity contribution in [3.63, 3.8) is 0 Å². The highest BCUT2D eigenvalue weighted by Gasteiger charge is 2.24. The first kappa shape index (κ1) is 20.9. The maximum absolute atomic E-state index is 14.5. The molecule has 10 heteroatoms. The molecule has 3 heterocycles. The van der Waals surface area contributed by atoms with Crippen LogP contribution in [-0.2, 0) is 4.74 Å². The van der Waals surface area contributed by atoms with Crippen LogP contribution in [-0.4, -0.2) is 52.6 Å². The molecule has 1 fully saturated rings. The average molecular weight is 428 g/mol. The smallest absolute Gasteiger partial charge is 0.227 e. The molecule has 0 radical (unpaired) electrons. The van der Waals surface area contributed by atoms with Gasteiger partial charge in [0.2, 0.25) is 11.8 Å². The minimum Gasteiger partial charge on any atom is -0.494 e. The quantitative estimate of drug-likeness (QED) is 0.660. The van der Waals surface area contributed by atoms with Crippen LogP contribution in [0.2, 0.25) is 0 Å². The van der Waals surface area contributed by atoms with E-state index in [0.29, 0.717) is 36.2 Å². The monoisotopic (exact) mass is 428 g/mol. The Morgan fingerprint density at radius 1 is 1.10 bits per heavy atom. The number of benzene rings is 1. The molecular formula is C21H22F2N6O2. The summed E-state index contributed by atoms with van der Waals surface area (Å²) in [6.45, 7) is 5.39. The molecule has 0 bridgehead atoms. The van der Waals surface area contributed by atoms with E-state index in [4.69, 9.17) is 9.47 Å². The molecule has 1 aromatic carbocycles. The van der Waals surface area contributed by atoms with E-state index < -0.39 is 11.6 Å². The number of aromatic nitrogens is 4. The van der Waals surface area contributed by atoms with Crippen LogP contribution >= 0.6 is 0 Å². The van der Waals surface area contributed by atoms with Crippen LogP contribution in [0.15, 0.2) is 36.7 Å². The van der Waals surface area contributed by atoms with E-state index >= 15 is 0 Å². The number of methoxy groups -OCH3 is 1. The molecule has 2 aromatic heterocycles. The van der Waals surface area contributed by atoms with Gasteiger partial charge in [0.25, 0.3) is 0 Å². The lowest BCUT2D eigenvalue weighted by atomic mass is 10.1. The number of nitrogens with one attached hydrogen (secondary N) is 1. The van der Waals surface area contributed by atoms with Gasteiger partial charge in [-0.3, -0.25) is 0 Å². The van der Waals surface area contributed by atoms with Gasteiger partial charge in [-0.05, 0) is 38.1 Å². The highest BCUT2D eigenvalue weighted by atomic mass is 19.2. The van der Waals surface area contributed by atoms with Gasteiger partial charge in [-0.15, -0.1) is 5.10 Å². The molecule has 8 nitrogen and oxygen atoms in total. The third kappa shape index (κ3) is 4.53. The highest BCUT2D eigenvalue weighted by molar-refractivity contribution is 5.68. The summed E-state index contributed by atoms with van der Waals surface area (Å²) in [6.07, 6.45) is 3.15. The van der Waals surface area contributed by atoms with Crippen molar-refractivity contribution in [3.05, 3.63) is 48.3 Å². The average Bonchev–Trinajstić information content (AvgIpc) is 2.75. The fourth-order valence-electron chi connectivity index (χ4n) is 3.53. The van der Waals surface area contributed by atoms with Gasteiger partial charge >= 0.3 is 0 Å². The van der Waals surface area contributed by atoms with Gasteiger partial charge in [-0.25, -0.2) is 9.37 Å². The van der Waals surface area contributed by atoms with Crippen LogP contribution in [0, 0.1) is 11.6 Å². The van der Waals surface area contributed by atoms with Crippen LogP contribution in [0.3, 0.4) is 0 Å². The van der Waals surface area contributed by atoms with Gasteiger partial charge in [0.15, 0.2) is 17.4 Å². The van der Waals surface area contributed by atoms with E-state index in [1.807, 2.05) is 13.8 Å². The molecule has 31 heavy (non-hydrogen) atoms. The summed E-state index contributed by atoms with van der Waals surface area (Å²) >= 11 is 0. The number of hydrogen-bond acceptors (Lipinski definition) is 8. The summed E-state index contributed by atoms with van der Waals surface area (Å²) in [5.41, 5.74) is 0.414. The molecule has 162 valence electrons. The van der Waals surface area contributed by atoms with Crippen molar-refractivity contribution >= 4 is 17.6 Å². The van der Waals surface area contributed by atoms with Crippen molar-refractivity contribution in [1.82, 2.24) is 20.2 Å². The Balaban J connectivity index is 1.57. The lowest BCUT2D eigenvalue weighted by Crippen LogP contribution is -2.46. The molecule has 4 rings (SSSR count). The third-order valence-electron chi connectivity index (χ3n) is 4.83. The van der Waals surface area contributed by atoms with Gasteiger partial charge in [-0.1, -0.05) is 0 Å². The molecule has 1 saturated heterocycles. The maximum Gasteiger partial charge on any atom is 0.227 e. The van der Waals surface area contributed by atoms with Gasteiger partial charge < -0.3 is 19.7 Å². The molecule has 1 N–H and O–H groups in total. The van der Waals surface area contributed by atoms with Crippen molar-refractivity contribution in [1.29, 1.82) is 0 Å². The highest BCUT2D eigenvalue weighted by Crippen LogP contribution is 2.30. The summed E-state index contributed by atoms with van der Waals surface area (Å²) in [6, 6.07) is 6.06. The molecule has 0 spiro atoms. The lowest BCUT2D eigenvalue weighted by molar-refractivity contribution is -0.00571. The Kier molecular flexibility index (Phi) is 5.90. The van der Waals surface area contributed by atoms with Gasteiger partial charge in [0.05, 0.1) is 25.5 Å². The predicted octanol–water partition coefficient (Wildman–Crippen LogP) is 3.58. The second-order valence-corrected chi connectivity index (χ2v) is 7.30. The lowest BCUT2D eigenvalue weighted by Gasteiger charge is -2.35. The van der Waals surface area contributed by atoms with E-state index in [1.165, 1.54) is 25.4 Å². The molecule has 3 aromatic rings. The van der Waals surface area contributed by atoms with Crippen LogP contribution < -0.4 is 15.0 Å². The first-order valence-electron chi connectivity index (χ1n) is 9.80. The number of nitrogens with zero attached hydrogens (tertiary/aromatic N) is 5. The first-order chi connectivity index (χ1) is 14.9. The number of hydrogen-bond donors (Lipinski definition) is 1. The molecule has 0 unspecified atom stereocenters. The fraction of sp³-hybridized carbons (Fsp3) is 0.333. The van der Waals surface area contributed by atoms with Crippen molar-refractivity contribution in [2.75, 3.05) is 30.4 Å². The van der Waals surface area contributed by atoms with Crippen LogP contribution in [0.1, 0.15) is 13.8 Å². The molecule has 0 saturated carbocycles. The number of rotatable bonds is 5. The summed E-state index contributed by atoms with van der Waals surface area (Å²) in [5.74, 6) is -0.828. The van der Waals surface area contributed by atoms with E-state index in [1.54, 1.807) is 18.3 Å². The van der Waals surface area contributed by atoms with E-state index in [9.17, 15) is 8.78 Å². The van der Waals surface area contributed by atoms with E-state index in [-0.39, 0.29) is 23.5 Å². The summed E-state index contributed by atoms with van der Waals surface area (Å²) < 4.78 is 39.1. The van der Waals surface area contributed by atoms with Crippen molar-refractivity contribution in [2.45, 2.75) is 26.1 Å². The molecule has 1 aliphatic heterocycles. The number of morpholine rings is 1. The number of halogens is 2. The zero-order valence-electron chi connectivity index (χ0n) is 17.3. The zero-order valence-corrected chi connectivity index (χ0v) is 17.3. The number of ether oxygens (including phenoxy) is 2. The summed E-state index contributed by atoms with van der Waals surface area (Å²) in [5, 5.41) is 11.0. The molecular weight excluding hydrogens is 406 g/mol. The van der Waals surface area contributed by atoms with Gasteiger partial charge in [0.1, 0.15) is 5.82 Å². The SMILES string of the molecule is COc1ccc(-c2cnnc(Nc3ccnc(N4C[C@@H](C)O[C@@H](C)C4)n3)c2)c(F)c1F. The van der Waals surface area contributed by atoms with Crippen molar-refractivity contribution in [2.24, 2.45) is 0 Å². The third-order valence-corrected chi connectivity index (χ3v) is 4.83. The Hall–Kier alpha value is -3.40. The molecule has 2 atom stereocenters. The molecule has 1 aliphatic rings.